The fourth-order valence-corrected chi connectivity index (χ4v) is 5.48. The molecule has 1 unspecified atom stereocenters. The van der Waals surface area contributed by atoms with Crippen LogP contribution < -0.4 is 4.74 Å². The van der Waals surface area contributed by atoms with Gasteiger partial charge in [-0.3, -0.25) is 9.69 Å². The molecule has 2 aliphatic rings. The molecular formula is C27H23ClN2O2S. The number of carbonyl (C=O) groups excluding carboxylic acids is 1. The van der Waals surface area contributed by atoms with Crippen LogP contribution in [0.25, 0.3) is 6.08 Å². The summed E-state index contributed by atoms with van der Waals surface area (Å²) in [5, 5.41) is 1.37. The molecule has 3 aromatic carbocycles. The number of amides is 1. The molecule has 0 bridgehead atoms. The van der Waals surface area contributed by atoms with E-state index in [0.29, 0.717) is 15.1 Å². The predicted octanol–water partition coefficient (Wildman–Crippen LogP) is 7.03. The summed E-state index contributed by atoms with van der Waals surface area (Å²) in [7, 11) is 1.64. The highest BCUT2D eigenvalue weighted by atomic mass is 35.5. The van der Waals surface area contributed by atoms with Gasteiger partial charge in [-0.15, -0.1) is 0 Å². The standard InChI is InChI=1S/C27H23ClN2O2S/c1-32-22-15-13-21(14-16-22)29-27-30(24-8-4-6-19-5-2-3-7-23(19)24)26(31)25(33-27)17-18-9-11-20(28)12-10-18/h2-3,5,7,9-17,24H,4,6,8H2,1H3/b25-17+,29-27?. The smallest absolute Gasteiger partial charge is 0.267 e. The van der Waals surface area contributed by atoms with Crippen molar-refractivity contribution in [1.29, 1.82) is 0 Å². The van der Waals surface area contributed by atoms with Crippen LogP contribution in [0.15, 0.2) is 82.7 Å². The molecule has 0 aromatic heterocycles. The number of hydrogen-bond acceptors (Lipinski definition) is 4. The third-order valence-corrected chi connectivity index (χ3v) is 7.19. The van der Waals surface area contributed by atoms with Crippen molar-refractivity contribution >= 4 is 46.2 Å². The van der Waals surface area contributed by atoms with Crippen molar-refractivity contribution in [2.24, 2.45) is 4.99 Å². The zero-order valence-corrected chi connectivity index (χ0v) is 19.8. The third kappa shape index (κ3) is 4.56. The quantitative estimate of drug-likeness (QED) is 0.381. The third-order valence-electron chi connectivity index (χ3n) is 5.95. The molecular weight excluding hydrogens is 452 g/mol. The molecule has 1 saturated heterocycles. The lowest BCUT2D eigenvalue weighted by atomic mass is 9.87. The SMILES string of the molecule is COc1ccc(N=C2S/C(=C/c3ccc(Cl)cc3)C(=O)N2C2CCCc3ccccc32)cc1. The normalized spacial score (nSPS) is 20.4. The first-order valence-corrected chi connectivity index (χ1v) is 12.1. The van der Waals surface area contributed by atoms with Crippen LogP contribution in [0.4, 0.5) is 5.69 Å². The van der Waals surface area contributed by atoms with E-state index < -0.39 is 0 Å². The number of aryl methyl sites for hydroxylation is 1. The zero-order valence-electron chi connectivity index (χ0n) is 18.2. The number of hydrogen-bond donors (Lipinski definition) is 0. The Hall–Kier alpha value is -3.02. The van der Waals surface area contributed by atoms with Gasteiger partial charge in [0, 0.05) is 5.02 Å². The van der Waals surface area contributed by atoms with Crippen LogP contribution in [-0.4, -0.2) is 23.1 Å². The summed E-state index contributed by atoms with van der Waals surface area (Å²) >= 11 is 7.46. The molecule has 1 fully saturated rings. The second-order valence-electron chi connectivity index (χ2n) is 8.04. The number of halogens is 1. The molecule has 0 radical (unpaired) electrons. The van der Waals surface area contributed by atoms with E-state index in [2.05, 4.69) is 24.3 Å². The minimum Gasteiger partial charge on any atom is -0.497 e. The van der Waals surface area contributed by atoms with Gasteiger partial charge >= 0.3 is 0 Å². The van der Waals surface area contributed by atoms with Crippen molar-refractivity contribution in [2.45, 2.75) is 25.3 Å². The molecule has 1 heterocycles. The Bertz CT molecular complexity index is 1240. The van der Waals surface area contributed by atoms with E-state index in [4.69, 9.17) is 21.3 Å². The molecule has 1 amide bonds. The summed E-state index contributed by atoms with van der Waals surface area (Å²) in [5.41, 5.74) is 4.25. The van der Waals surface area contributed by atoms with E-state index in [1.807, 2.05) is 59.5 Å². The highest BCUT2D eigenvalue weighted by Crippen LogP contribution is 2.43. The Kier molecular flexibility index (Phi) is 6.25. The summed E-state index contributed by atoms with van der Waals surface area (Å²) < 4.78 is 5.27. The van der Waals surface area contributed by atoms with Crippen LogP contribution in [0, 0.1) is 0 Å². The Morgan fingerprint density at radius 3 is 2.58 bits per heavy atom. The first-order valence-electron chi connectivity index (χ1n) is 10.9. The molecule has 1 aliphatic heterocycles. The van der Waals surface area contributed by atoms with Gasteiger partial charge in [-0.05, 0) is 90.2 Å². The van der Waals surface area contributed by atoms with Crippen LogP contribution in [0.3, 0.4) is 0 Å². The van der Waals surface area contributed by atoms with Crippen molar-refractivity contribution in [1.82, 2.24) is 4.90 Å². The largest absolute Gasteiger partial charge is 0.497 e. The monoisotopic (exact) mass is 474 g/mol. The minimum atomic E-state index is -0.0249. The van der Waals surface area contributed by atoms with Crippen LogP contribution in [-0.2, 0) is 11.2 Å². The van der Waals surface area contributed by atoms with Crippen LogP contribution in [0.1, 0.15) is 35.6 Å². The highest BCUT2D eigenvalue weighted by molar-refractivity contribution is 8.18. The maximum atomic E-state index is 13.7. The second-order valence-corrected chi connectivity index (χ2v) is 9.48. The molecule has 33 heavy (non-hydrogen) atoms. The first kappa shape index (κ1) is 21.8. The van der Waals surface area contributed by atoms with Crippen molar-refractivity contribution in [3.05, 3.63) is 99.4 Å². The summed E-state index contributed by atoms with van der Waals surface area (Å²) in [5.74, 6) is 0.763. The van der Waals surface area contributed by atoms with Gasteiger partial charge in [0.1, 0.15) is 5.75 Å². The van der Waals surface area contributed by atoms with Crippen molar-refractivity contribution in [2.75, 3.05) is 7.11 Å². The van der Waals surface area contributed by atoms with Gasteiger partial charge in [-0.1, -0.05) is 48.0 Å². The number of nitrogens with zero attached hydrogens (tertiary/aromatic N) is 2. The number of fused-ring (bicyclic) bond motifs is 1. The molecule has 1 aliphatic carbocycles. The number of methoxy groups -OCH3 is 1. The molecule has 0 saturated carbocycles. The topological polar surface area (TPSA) is 41.9 Å². The number of rotatable bonds is 4. The fourth-order valence-electron chi connectivity index (χ4n) is 4.31. The fraction of sp³-hybridized carbons (Fsp3) is 0.185. The first-order chi connectivity index (χ1) is 16.1. The Morgan fingerprint density at radius 1 is 1.06 bits per heavy atom. The van der Waals surface area contributed by atoms with Gasteiger partial charge in [-0.25, -0.2) is 4.99 Å². The number of amidine groups is 1. The number of ether oxygens (including phenoxy) is 1. The van der Waals surface area contributed by atoms with Crippen molar-refractivity contribution in [3.8, 4) is 5.75 Å². The molecule has 3 aromatic rings. The summed E-state index contributed by atoms with van der Waals surface area (Å²) in [6.07, 6.45) is 4.92. The predicted molar refractivity (Wildman–Crippen MR) is 136 cm³/mol. The Labute approximate surface area is 202 Å². The molecule has 0 N–H and O–H groups in total. The lowest BCUT2D eigenvalue weighted by Gasteiger charge is -2.32. The summed E-state index contributed by atoms with van der Waals surface area (Å²) in [6.45, 7) is 0. The Balaban J connectivity index is 1.56. The molecule has 1 atom stereocenters. The average molecular weight is 475 g/mol. The summed E-state index contributed by atoms with van der Waals surface area (Å²) in [4.78, 5) is 21.1. The molecule has 166 valence electrons. The van der Waals surface area contributed by atoms with Gasteiger partial charge in [0.05, 0.1) is 23.7 Å². The van der Waals surface area contributed by atoms with E-state index in [1.54, 1.807) is 7.11 Å². The zero-order chi connectivity index (χ0) is 22.8. The van der Waals surface area contributed by atoms with E-state index in [-0.39, 0.29) is 11.9 Å². The van der Waals surface area contributed by atoms with Crippen molar-refractivity contribution in [3.63, 3.8) is 0 Å². The number of aliphatic imine (C=N–C) groups is 1. The maximum absolute atomic E-state index is 13.7. The summed E-state index contributed by atoms with van der Waals surface area (Å²) in [6, 6.07) is 23.5. The minimum absolute atomic E-state index is 0.0103. The van der Waals surface area contributed by atoms with E-state index in [9.17, 15) is 4.79 Å². The van der Waals surface area contributed by atoms with Gasteiger partial charge in [-0.2, -0.15) is 0 Å². The average Bonchev–Trinajstić information content (AvgIpc) is 3.14. The highest BCUT2D eigenvalue weighted by Gasteiger charge is 2.40. The molecule has 0 spiro atoms. The number of thioether (sulfide) groups is 1. The van der Waals surface area contributed by atoms with Gasteiger partial charge in [0.15, 0.2) is 5.17 Å². The van der Waals surface area contributed by atoms with Crippen molar-refractivity contribution < 1.29 is 9.53 Å². The van der Waals surface area contributed by atoms with Crippen LogP contribution >= 0.6 is 23.4 Å². The van der Waals surface area contributed by atoms with E-state index in [1.165, 1.54) is 22.9 Å². The lowest BCUT2D eigenvalue weighted by Crippen LogP contribution is -2.35. The van der Waals surface area contributed by atoms with Gasteiger partial charge in [0.2, 0.25) is 0 Å². The molecule has 5 rings (SSSR count). The van der Waals surface area contributed by atoms with Gasteiger partial charge < -0.3 is 4.74 Å². The molecule has 4 nitrogen and oxygen atoms in total. The molecule has 6 heteroatoms. The van der Waals surface area contributed by atoms with Crippen LogP contribution in [0.5, 0.6) is 5.75 Å². The Morgan fingerprint density at radius 2 is 1.82 bits per heavy atom. The van der Waals surface area contributed by atoms with E-state index in [0.717, 1.165) is 36.3 Å². The maximum Gasteiger partial charge on any atom is 0.267 e. The van der Waals surface area contributed by atoms with E-state index >= 15 is 0 Å². The number of carbonyl (C=O) groups is 1. The van der Waals surface area contributed by atoms with Gasteiger partial charge in [0.25, 0.3) is 5.91 Å². The lowest BCUT2D eigenvalue weighted by molar-refractivity contribution is -0.124. The number of benzene rings is 3. The van der Waals surface area contributed by atoms with Crippen LogP contribution in [0.2, 0.25) is 5.02 Å². The second kappa shape index (κ2) is 9.46.